The first kappa shape index (κ1) is 16.8. The first-order chi connectivity index (χ1) is 12.5. The molecule has 4 nitrogen and oxygen atoms in total. The highest BCUT2D eigenvalue weighted by atomic mass is 32.1. The van der Waals surface area contributed by atoms with E-state index in [9.17, 15) is 0 Å². The van der Waals surface area contributed by atoms with Gasteiger partial charge < -0.3 is 14.6 Å². The molecule has 1 N–H and O–H groups in total. The average Bonchev–Trinajstić information content (AvgIpc) is 3.18. The fourth-order valence-electron chi connectivity index (χ4n) is 3.62. The van der Waals surface area contributed by atoms with Crippen molar-refractivity contribution in [3.8, 4) is 0 Å². The van der Waals surface area contributed by atoms with Crippen LogP contribution >= 0.6 is 12.2 Å². The molecule has 5 heteroatoms. The van der Waals surface area contributed by atoms with Gasteiger partial charge in [-0.1, -0.05) is 12.1 Å². The fraction of sp³-hybridized carbons (Fsp3) is 0.238. The molecule has 132 valence electrons. The van der Waals surface area contributed by atoms with Crippen LogP contribution in [0.15, 0.2) is 59.1 Å². The van der Waals surface area contributed by atoms with Crippen LogP contribution in [0.1, 0.15) is 40.4 Å². The van der Waals surface area contributed by atoms with Gasteiger partial charge in [-0.3, -0.25) is 4.98 Å². The number of hydrogen-bond acceptors (Lipinski definition) is 3. The number of aromatic nitrogens is 1. The molecule has 3 aromatic rings. The number of aryl methyl sites for hydroxylation is 3. The Kier molecular flexibility index (Phi) is 4.24. The number of hydrogen-bond donors (Lipinski definition) is 1. The van der Waals surface area contributed by atoms with Crippen molar-refractivity contribution in [2.45, 2.75) is 32.9 Å². The highest BCUT2D eigenvalue weighted by molar-refractivity contribution is 7.80. The van der Waals surface area contributed by atoms with E-state index in [2.05, 4.69) is 47.2 Å². The standard InChI is InChI=1S/C21H21N3OS/c1-13-10-14(2)12-16(11-13)24-20(18-8-7-15(3)25-18)19(23-21(24)26)17-6-4-5-9-22-17/h4-12,19-20H,1-3H3,(H,23,26)/t19-,20-/m1/s1. The minimum atomic E-state index is -0.0905. The molecule has 0 radical (unpaired) electrons. The number of furan rings is 1. The zero-order chi connectivity index (χ0) is 18.3. The normalized spacial score (nSPS) is 19.7. The number of pyridine rings is 1. The third-order valence-corrected chi connectivity index (χ3v) is 4.95. The highest BCUT2D eigenvalue weighted by Crippen LogP contribution is 2.42. The third kappa shape index (κ3) is 2.99. The second-order valence-electron chi connectivity index (χ2n) is 6.79. The molecular formula is C21H21N3OS. The molecule has 1 aromatic carbocycles. The average molecular weight is 363 g/mol. The molecule has 3 heterocycles. The molecule has 0 aliphatic carbocycles. The summed E-state index contributed by atoms with van der Waals surface area (Å²) in [4.78, 5) is 6.70. The van der Waals surface area contributed by atoms with E-state index in [0.717, 1.165) is 22.9 Å². The second-order valence-corrected chi connectivity index (χ2v) is 7.18. The van der Waals surface area contributed by atoms with Gasteiger partial charge in [0, 0.05) is 11.9 Å². The molecule has 2 aromatic heterocycles. The molecular weight excluding hydrogens is 342 g/mol. The second kappa shape index (κ2) is 6.57. The molecule has 26 heavy (non-hydrogen) atoms. The Morgan fingerprint density at radius 3 is 2.42 bits per heavy atom. The number of nitrogens with one attached hydrogen (secondary N) is 1. The van der Waals surface area contributed by atoms with Crippen molar-refractivity contribution in [2.75, 3.05) is 4.90 Å². The van der Waals surface area contributed by atoms with Crippen molar-refractivity contribution in [1.82, 2.24) is 10.3 Å². The number of benzene rings is 1. The van der Waals surface area contributed by atoms with Gasteiger partial charge in [0.15, 0.2) is 5.11 Å². The number of rotatable bonds is 3. The van der Waals surface area contributed by atoms with E-state index >= 15 is 0 Å². The lowest BCUT2D eigenvalue weighted by Crippen LogP contribution is -2.29. The number of thiocarbonyl (C=S) groups is 1. The third-order valence-electron chi connectivity index (χ3n) is 4.64. The Morgan fingerprint density at radius 1 is 1.04 bits per heavy atom. The lowest BCUT2D eigenvalue weighted by Gasteiger charge is -2.26. The zero-order valence-corrected chi connectivity index (χ0v) is 15.9. The summed E-state index contributed by atoms with van der Waals surface area (Å²) in [6.07, 6.45) is 1.81. The monoisotopic (exact) mass is 363 g/mol. The van der Waals surface area contributed by atoms with Gasteiger partial charge in [0.05, 0.1) is 11.7 Å². The summed E-state index contributed by atoms with van der Waals surface area (Å²) in [6, 6.07) is 16.3. The fourth-order valence-corrected chi connectivity index (χ4v) is 3.97. The minimum Gasteiger partial charge on any atom is -0.464 e. The maximum atomic E-state index is 6.01. The molecule has 1 fully saturated rings. The van der Waals surface area contributed by atoms with Gasteiger partial charge in [-0.2, -0.15) is 0 Å². The van der Waals surface area contributed by atoms with Gasteiger partial charge in [-0.05, 0) is 80.5 Å². The van der Waals surface area contributed by atoms with E-state index in [1.807, 2.05) is 43.5 Å². The van der Waals surface area contributed by atoms with Gasteiger partial charge in [0.1, 0.15) is 17.6 Å². The summed E-state index contributed by atoms with van der Waals surface area (Å²) in [7, 11) is 0. The van der Waals surface area contributed by atoms with Gasteiger partial charge in [0.2, 0.25) is 0 Å². The van der Waals surface area contributed by atoms with Crippen molar-refractivity contribution in [3.05, 3.63) is 83.1 Å². The summed E-state index contributed by atoms with van der Waals surface area (Å²) in [6.45, 7) is 6.16. The summed E-state index contributed by atoms with van der Waals surface area (Å²) in [5, 5.41) is 4.14. The van der Waals surface area contributed by atoms with E-state index in [1.165, 1.54) is 11.1 Å². The van der Waals surface area contributed by atoms with E-state index < -0.39 is 0 Å². The van der Waals surface area contributed by atoms with Crippen LogP contribution in [0.3, 0.4) is 0 Å². The smallest absolute Gasteiger partial charge is 0.174 e. The van der Waals surface area contributed by atoms with E-state index in [-0.39, 0.29) is 12.1 Å². The number of nitrogens with zero attached hydrogens (tertiary/aromatic N) is 2. The maximum absolute atomic E-state index is 6.01. The Hall–Kier alpha value is -2.66. The molecule has 0 saturated carbocycles. The lowest BCUT2D eigenvalue weighted by molar-refractivity contribution is 0.418. The Balaban J connectivity index is 1.85. The van der Waals surface area contributed by atoms with E-state index in [0.29, 0.717) is 5.11 Å². The predicted molar refractivity (Wildman–Crippen MR) is 107 cm³/mol. The van der Waals surface area contributed by atoms with Crippen LogP contribution in [0.25, 0.3) is 0 Å². The maximum Gasteiger partial charge on any atom is 0.174 e. The Bertz CT molecular complexity index is 931. The first-order valence-electron chi connectivity index (χ1n) is 8.68. The molecule has 0 spiro atoms. The summed E-state index contributed by atoms with van der Waals surface area (Å²) in [5.41, 5.74) is 4.43. The summed E-state index contributed by atoms with van der Waals surface area (Å²) in [5.74, 6) is 1.77. The van der Waals surface area contributed by atoms with Crippen molar-refractivity contribution in [1.29, 1.82) is 0 Å². The molecule has 0 bridgehead atoms. The largest absolute Gasteiger partial charge is 0.464 e. The molecule has 2 atom stereocenters. The zero-order valence-electron chi connectivity index (χ0n) is 15.1. The quantitative estimate of drug-likeness (QED) is 0.679. The molecule has 1 saturated heterocycles. The summed E-state index contributed by atoms with van der Waals surface area (Å²) < 4.78 is 6.01. The lowest BCUT2D eigenvalue weighted by atomic mass is 10.0. The molecule has 4 rings (SSSR count). The first-order valence-corrected chi connectivity index (χ1v) is 9.09. The van der Waals surface area contributed by atoms with E-state index in [1.54, 1.807) is 0 Å². The topological polar surface area (TPSA) is 41.3 Å². The van der Waals surface area contributed by atoms with Gasteiger partial charge in [-0.15, -0.1) is 0 Å². The minimum absolute atomic E-state index is 0.0740. The van der Waals surface area contributed by atoms with Crippen LogP contribution in [-0.2, 0) is 0 Å². The molecule has 0 unspecified atom stereocenters. The van der Waals surface area contributed by atoms with Crippen LogP contribution in [0, 0.1) is 20.8 Å². The van der Waals surface area contributed by atoms with Gasteiger partial charge in [-0.25, -0.2) is 0 Å². The Labute approximate surface area is 158 Å². The van der Waals surface area contributed by atoms with Crippen molar-refractivity contribution >= 4 is 23.0 Å². The van der Waals surface area contributed by atoms with Gasteiger partial charge >= 0.3 is 0 Å². The molecule has 0 amide bonds. The Morgan fingerprint density at radius 2 is 1.81 bits per heavy atom. The molecule has 1 aliphatic rings. The van der Waals surface area contributed by atoms with Crippen LogP contribution in [0.5, 0.6) is 0 Å². The predicted octanol–water partition coefficient (Wildman–Crippen LogP) is 4.78. The van der Waals surface area contributed by atoms with Crippen molar-refractivity contribution in [3.63, 3.8) is 0 Å². The van der Waals surface area contributed by atoms with Crippen LogP contribution in [-0.4, -0.2) is 10.1 Å². The van der Waals surface area contributed by atoms with Gasteiger partial charge in [0.25, 0.3) is 0 Å². The number of anilines is 1. The van der Waals surface area contributed by atoms with Crippen LogP contribution < -0.4 is 10.2 Å². The van der Waals surface area contributed by atoms with Crippen molar-refractivity contribution in [2.24, 2.45) is 0 Å². The highest BCUT2D eigenvalue weighted by Gasteiger charge is 2.42. The molecule has 1 aliphatic heterocycles. The van der Waals surface area contributed by atoms with Crippen molar-refractivity contribution < 1.29 is 4.42 Å². The van der Waals surface area contributed by atoms with Crippen LogP contribution in [0.2, 0.25) is 0 Å². The SMILES string of the molecule is Cc1cc(C)cc(N2C(=S)N[C@H](c3ccccn3)[C@H]2c2ccc(C)o2)c1. The van der Waals surface area contributed by atoms with Crippen LogP contribution in [0.4, 0.5) is 5.69 Å². The van der Waals surface area contributed by atoms with E-state index in [4.69, 9.17) is 16.6 Å². The summed E-state index contributed by atoms with van der Waals surface area (Å²) >= 11 is 5.72.